The van der Waals surface area contributed by atoms with Gasteiger partial charge in [0.05, 0.1) is 17.9 Å². The number of aromatic nitrogens is 1. The van der Waals surface area contributed by atoms with Crippen molar-refractivity contribution in [1.29, 1.82) is 0 Å². The summed E-state index contributed by atoms with van der Waals surface area (Å²) in [6, 6.07) is 8.92. The summed E-state index contributed by atoms with van der Waals surface area (Å²) in [7, 11) is 1.00. The first kappa shape index (κ1) is 44.4. The average Bonchev–Trinajstić information content (AvgIpc) is 3.06. The van der Waals surface area contributed by atoms with Crippen molar-refractivity contribution in [3.05, 3.63) is 53.7 Å². The van der Waals surface area contributed by atoms with Crippen molar-refractivity contribution in [3.63, 3.8) is 0 Å². The first-order valence-electron chi connectivity index (χ1n) is 19.3. The minimum absolute atomic E-state index is 0.108. The second kappa shape index (κ2) is 24.5. The summed E-state index contributed by atoms with van der Waals surface area (Å²) in [5.41, 5.74) is 4.98. The zero-order valence-electron chi connectivity index (χ0n) is 33.2. The Balaban J connectivity index is 0.00000137. The number of aliphatic hydroxyl groups excluding tert-OH is 2. The molecule has 49 heavy (non-hydrogen) atoms. The number of unbranched alkanes of at least 4 members (excludes halogenated alkanes) is 1. The molecule has 1 aromatic heterocycles. The molecule has 2 aromatic rings. The van der Waals surface area contributed by atoms with E-state index in [4.69, 9.17) is 9.84 Å². The number of aliphatic hydroxyl groups is 2. The number of nitrogens with zero attached hydrogens (tertiary/aromatic N) is 2. The summed E-state index contributed by atoms with van der Waals surface area (Å²) in [4.78, 5) is 7.10. The third-order valence-corrected chi connectivity index (χ3v) is 9.74. The lowest BCUT2D eigenvalue weighted by atomic mass is 9.74. The second-order valence-electron chi connectivity index (χ2n) is 14.2. The molecule has 1 saturated heterocycles. The predicted molar refractivity (Wildman–Crippen MR) is 213 cm³/mol. The van der Waals surface area contributed by atoms with Crippen molar-refractivity contribution in [3.8, 4) is 5.75 Å². The molecule has 1 aliphatic heterocycles. The molecule has 280 valence electrons. The molecule has 4 N–H and O–H groups in total. The highest BCUT2D eigenvalue weighted by Gasteiger charge is 2.27. The molecular weight excluding hydrogens is 608 g/mol. The molecule has 4 rings (SSSR count). The number of hydrogen-bond acceptors (Lipinski definition) is 7. The number of likely N-dealkylation sites (tertiary alicyclic amines) is 1. The predicted octanol–water partition coefficient (Wildman–Crippen LogP) is 10.1. The van der Waals surface area contributed by atoms with Gasteiger partial charge in [0.25, 0.3) is 0 Å². The van der Waals surface area contributed by atoms with Gasteiger partial charge in [-0.15, -0.1) is 0 Å². The maximum absolute atomic E-state index is 10.9. The van der Waals surface area contributed by atoms with Gasteiger partial charge >= 0.3 is 0 Å². The topological polar surface area (TPSA) is 89.9 Å². The molecule has 3 unspecified atom stereocenters. The molecule has 1 aromatic carbocycles. The molecule has 7 nitrogen and oxygen atoms in total. The molecule has 2 heterocycles. The summed E-state index contributed by atoms with van der Waals surface area (Å²) >= 11 is 0. The molecule has 1 aliphatic carbocycles. The Morgan fingerprint density at radius 3 is 2.10 bits per heavy atom. The van der Waals surface area contributed by atoms with E-state index in [-0.39, 0.29) is 12.2 Å². The third-order valence-electron chi connectivity index (χ3n) is 9.74. The number of aryl methyl sites for hydroxylation is 2. The van der Waals surface area contributed by atoms with E-state index in [9.17, 15) is 5.11 Å². The Bertz CT molecular complexity index is 1160. The quantitative estimate of drug-likeness (QED) is 0.149. The van der Waals surface area contributed by atoms with Crippen LogP contribution in [0.4, 0.5) is 11.5 Å². The van der Waals surface area contributed by atoms with Gasteiger partial charge in [0.2, 0.25) is 0 Å². The van der Waals surface area contributed by atoms with Gasteiger partial charge in [0.1, 0.15) is 11.6 Å². The summed E-state index contributed by atoms with van der Waals surface area (Å²) in [5, 5.41) is 25.1. The monoisotopic (exact) mass is 683 g/mol. The van der Waals surface area contributed by atoms with Crippen LogP contribution in [-0.4, -0.2) is 65.1 Å². The summed E-state index contributed by atoms with van der Waals surface area (Å²) in [6.45, 7) is 29.0. The van der Waals surface area contributed by atoms with Crippen LogP contribution >= 0.6 is 0 Å². The number of ether oxygens (including phenoxy) is 1. The largest absolute Gasteiger partial charge is 0.488 e. The van der Waals surface area contributed by atoms with E-state index in [0.717, 1.165) is 78.7 Å². The number of pyridine rings is 1. The van der Waals surface area contributed by atoms with Gasteiger partial charge in [-0.2, -0.15) is 0 Å². The Morgan fingerprint density at radius 2 is 1.59 bits per heavy atom. The summed E-state index contributed by atoms with van der Waals surface area (Å²) in [5.74, 6) is 3.56. The van der Waals surface area contributed by atoms with Gasteiger partial charge < -0.3 is 30.5 Å². The number of rotatable bonds is 15. The van der Waals surface area contributed by atoms with Crippen LogP contribution < -0.4 is 15.4 Å². The van der Waals surface area contributed by atoms with Crippen LogP contribution in [-0.2, 0) is 0 Å². The Hall–Kier alpha value is -2.61. The Kier molecular flexibility index (Phi) is 22.2. The SMILES string of the molecule is C=C(Nc1ccc(C)cn1)c1cc(C)cc(OC(C)CC(O)CC(C)C2CCC2)c1NCC1CCN(C(C)C)CC1.CC.CCCC.CO. The third kappa shape index (κ3) is 15.9. The van der Waals surface area contributed by atoms with Crippen LogP contribution in [0, 0.1) is 31.6 Å². The van der Waals surface area contributed by atoms with E-state index < -0.39 is 0 Å². The van der Waals surface area contributed by atoms with E-state index in [1.165, 1.54) is 44.9 Å². The normalized spacial score (nSPS) is 16.7. The maximum atomic E-state index is 10.9. The zero-order valence-corrected chi connectivity index (χ0v) is 33.2. The van der Waals surface area contributed by atoms with Crippen molar-refractivity contribution in [2.24, 2.45) is 17.8 Å². The number of nitrogens with one attached hydrogen (secondary N) is 2. The van der Waals surface area contributed by atoms with Gasteiger partial charge in [-0.25, -0.2) is 4.98 Å². The van der Waals surface area contributed by atoms with Crippen molar-refractivity contribution in [2.45, 2.75) is 145 Å². The fourth-order valence-corrected chi connectivity index (χ4v) is 6.32. The molecule has 0 amide bonds. The van der Waals surface area contributed by atoms with Crippen molar-refractivity contribution < 1.29 is 14.9 Å². The van der Waals surface area contributed by atoms with Gasteiger partial charge in [-0.05, 0) is 114 Å². The van der Waals surface area contributed by atoms with E-state index in [1.807, 2.05) is 33.0 Å². The standard InChI is InChI=1S/C35H54N4O2.C4H10.C2H6.CH4O/c1-23(2)39-15-13-29(14-16-39)22-37-35-32(28(7)38-34-12-11-24(3)21-36-34)17-25(4)18-33(35)41-27(6)20-31(40)19-26(5)30-9-8-10-30;1-3-4-2;2*1-2/h11-12,17-18,21,23,26-27,29-31,37,40H,7-10,13-16,19-20,22H2,1-6H3,(H,36,38);3-4H2,1-2H3;1-2H3;2H,1H3. The fraction of sp³-hybridized carbons (Fsp3) is 0.690. The van der Waals surface area contributed by atoms with Gasteiger partial charge in [-0.3, -0.25) is 0 Å². The highest BCUT2D eigenvalue weighted by atomic mass is 16.5. The first-order valence-corrected chi connectivity index (χ1v) is 19.3. The van der Waals surface area contributed by atoms with Gasteiger partial charge in [-0.1, -0.05) is 79.4 Å². The van der Waals surface area contributed by atoms with E-state index in [2.05, 4.69) is 93.8 Å². The van der Waals surface area contributed by atoms with E-state index >= 15 is 0 Å². The smallest absolute Gasteiger partial charge is 0.143 e. The Morgan fingerprint density at radius 1 is 0.959 bits per heavy atom. The molecule has 3 atom stereocenters. The van der Waals surface area contributed by atoms with E-state index in [0.29, 0.717) is 24.3 Å². The fourth-order valence-electron chi connectivity index (χ4n) is 6.32. The van der Waals surface area contributed by atoms with Crippen LogP contribution in [0.3, 0.4) is 0 Å². The molecule has 2 aliphatic rings. The molecule has 0 spiro atoms. The number of hydrogen-bond donors (Lipinski definition) is 4. The Labute approximate surface area is 301 Å². The van der Waals surface area contributed by atoms with Crippen molar-refractivity contribution >= 4 is 17.2 Å². The van der Waals surface area contributed by atoms with Gasteiger partial charge in [0, 0.05) is 43.6 Å². The lowest BCUT2D eigenvalue weighted by Crippen LogP contribution is -2.39. The minimum atomic E-state index is -0.350. The summed E-state index contributed by atoms with van der Waals surface area (Å²) < 4.78 is 6.61. The molecule has 2 fully saturated rings. The molecule has 0 bridgehead atoms. The van der Waals surface area contributed by atoms with Crippen LogP contribution in [0.1, 0.15) is 130 Å². The van der Waals surface area contributed by atoms with Crippen molar-refractivity contribution in [1.82, 2.24) is 9.88 Å². The maximum Gasteiger partial charge on any atom is 0.143 e. The van der Waals surface area contributed by atoms with Crippen LogP contribution in [0.25, 0.3) is 5.70 Å². The highest BCUT2D eigenvalue weighted by molar-refractivity contribution is 5.84. The second-order valence-corrected chi connectivity index (χ2v) is 14.2. The van der Waals surface area contributed by atoms with Crippen molar-refractivity contribution in [2.75, 3.05) is 37.4 Å². The minimum Gasteiger partial charge on any atom is -0.488 e. The first-order chi connectivity index (χ1) is 23.5. The average molecular weight is 683 g/mol. The molecule has 7 heteroatoms. The number of piperidine rings is 1. The summed E-state index contributed by atoms with van der Waals surface area (Å²) in [6.07, 6.45) is 11.9. The highest BCUT2D eigenvalue weighted by Crippen LogP contribution is 2.38. The number of benzene rings is 1. The lowest BCUT2D eigenvalue weighted by molar-refractivity contribution is 0.0673. The van der Waals surface area contributed by atoms with Crippen LogP contribution in [0.2, 0.25) is 0 Å². The molecular formula is C42H74N4O3. The van der Waals surface area contributed by atoms with E-state index in [1.54, 1.807) is 0 Å². The van der Waals surface area contributed by atoms with Crippen LogP contribution in [0.15, 0.2) is 37.0 Å². The molecule has 1 saturated carbocycles. The molecule has 0 radical (unpaired) electrons. The van der Waals surface area contributed by atoms with Gasteiger partial charge in [0.15, 0.2) is 0 Å². The zero-order chi connectivity index (χ0) is 36.9. The lowest BCUT2D eigenvalue weighted by Gasteiger charge is -2.35. The number of anilines is 2. The van der Waals surface area contributed by atoms with Crippen LogP contribution in [0.5, 0.6) is 5.75 Å².